The average molecular weight is 419 g/mol. The molecule has 28 heavy (non-hydrogen) atoms. The van der Waals surface area contributed by atoms with Crippen molar-refractivity contribution in [2.75, 3.05) is 19.5 Å². The first kappa shape index (κ1) is 20.0. The minimum Gasteiger partial charge on any atom is -0.493 e. The molecule has 0 saturated carbocycles. The smallest absolute Gasteiger partial charge is 0.266 e. The summed E-state index contributed by atoms with van der Waals surface area (Å²) in [5, 5.41) is 5.73. The SMILES string of the molecule is COc1ccc(-c2csc(NC(=O)[C@@H](C)Oc3ccc(Cl)cc3)n2)cc1OC. The highest BCUT2D eigenvalue weighted by molar-refractivity contribution is 7.14. The van der Waals surface area contributed by atoms with Crippen LogP contribution in [-0.4, -0.2) is 31.2 Å². The first-order valence-corrected chi connectivity index (χ1v) is 9.67. The number of halogens is 1. The second-order valence-electron chi connectivity index (χ2n) is 5.81. The van der Waals surface area contributed by atoms with E-state index < -0.39 is 6.10 Å². The molecule has 1 amide bonds. The van der Waals surface area contributed by atoms with Crippen LogP contribution in [0.1, 0.15) is 6.92 Å². The van der Waals surface area contributed by atoms with E-state index in [1.807, 2.05) is 23.6 Å². The molecule has 2 aromatic carbocycles. The van der Waals surface area contributed by atoms with Crippen molar-refractivity contribution in [3.63, 3.8) is 0 Å². The van der Waals surface area contributed by atoms with E-state index >= 15 is 0 Å². The molecule has 0 aliphatic heterocycles. The van der Waals surface area contributed by atoms with Gasteiger partial charge in [-0.2, -0.15) is 0 Å². The van der Waals surface area contributed by atoms with Gasteiger partial charge in [0.15, 0.2) is 22.7 Å². The maximum absolute atomic E-state index is 12.4. The van der Waals surface area contributed by atoms with Crippen LogP contribution in [0.4, 0.5) is 5.13 Å². The van der Waals surface area contributed by atoms with E-state index in [9.17, 15) is 4.79 Å². The number of anilines is 1. The summed E-state index contributed by atoms with van der Waals surface area (Å²) in [7, 11) is 3.16. The number of ether oxygens (including phenoxy) is 3. The number of nitrogens with zero attached hydrogens (tertiary/aromatic N) is 1. The lowest BCUT2D eigenvalue weighted by molar-refractivity contribution is -0.122. The summed E-state index contributed by atoms with van der Waals surface area (Å²) in [6, 6.07) is 12.4. The number of hydrogen-bond donors (Lipinski definition) is 1. The number of aromatic nitrogens is 1. The molecule has 8 heteroatoms. The molecular weight excluding hydrogens is 400 g/mol. The molecule has 146 valence electrons. The number of nitrogens with one attached hydrogen (secondary N) is 1. The minimum absolute atomic E-state index is 0.289. The number of amides is 1. The number of carbonyl (C=O) groups excluding carboxylic acids is 1. The van der Waals surface area contributed by atoms with E-state index in [-0.39, 0.29) is 5.91 Å². The van der Waals surface area contributed by atoms with E-state index in [1.54, 1.807) is 45.4 Å². The summed E-state index contributed by atoms with van der Waals surface area (Å²) in [4.78, 5) is 16.9. The summed E-state index contributed by atoms with van der Waals surface area (Å²) in [6.45, 7) is 1.67. The summed E-state index contributed by atoms with van der Waals surface area (Å²) in [6.07, 6.45) is -0.686. The summed E-state index contributed by atoms with van der Waals surface area (Å²) in [5.41, 5.74) is 1.59. The van der Waals surface area contributed by atoms with Crippen molar-refractivity contribution >= 4 is 34.0 Å². The molecule has 6 nitrogen and oxygen atoms in total. The Morgan fingerprint density at radius 2 is 1.82 bits per heavy atom. The van der Waals surface area contributed by atoms with Crippen LogP contribution in [0.15, 0.2) is 47.8 Å². The fourth-order valence-electron chi connectivity index (χ4n) is 2.44. The number of benzene rings is 2. The Morgan fingerprint density at radius 3 is 2.50 bits per heavy atom. The van der Waals surface area contributed by atoms with Crippen LogP contribution in [-0.2, 0) is 4.79 Å². The maximum atomic E-state index is 12.4. The van der Waals surface area contributed by atoms with Gasteiger partial charge >= 0.3 is 0 Å². The molecular formula is C20H19ClN2O4S. The molecule has 0 saturated heterocycles. The van der Waals surface area contributed by atoms with Crippen LogP contribution in [0, 0.1) is 0 Å². The standard InChI is InChI=1S/C20H19ClN2O4S/c1-12(27-15-7-5-14(21)6-8-15)19(24)23-20-22-16(11-28-20)13-4-9-17(25-2)18(10-13)26-3/h4-12H,1-3H3,(H,22,23,24)/t12-/m1/s1. The van der Waals surface area contributed by atoms with Crippen molar-refractivity contribution in [2.45, 2.75) is 13.0 Å². The van der Waals surface area contributed by atoms with Crippen molar-refractivity contribution in [1.82, 2.24) is 4.98 Å². The Balaban J connectivity index is 1.66. The largest absolute Gasteiger partial charge is 0.493 e. The Kier molecular flexibility index (Phi) is 6.38. The maximum Gasteiger partial charge on any atom is 0.266 e. The van der Waals surface area contributed by atoms with Crippen molar-refractivity contribution in [2.24, 2.45) is 0 Å². The van der Waals surface area contributed by atoms with Gasteiger partial charge in [0.2, 0.25) is 0 Å². The molecule has 0 unspecified atom stereocenters. The van der Waals surface area contributed by atoms with Crippen molar-refractivity contribution < 1.29 is 19.0 Å². The van der Waals surface area contributed by atoms with Gasteiger partial charge in [-0.3, -0.25) is 10.1 Å². The van der Waals surface area contributed by atoms with Crippen LogP contribution < -0.4 is 19.5 Å². The number of methoxy groups -OCH3 is 2. The first-order chi connectivity index (χ1) is 13.5. The lowest BCUT2D eigenvalue weighted by Gasteiger charge is -2.13. The molecule has 0 radical (unpaired) electrons. The molecule has 3 aromatic rings. The summed E-state index contributed by atoms with van der Waals surface area (Å²) in [5.74, 6) is 1.53. The van der Waals surface area contributed by atoms with Crippen LogP contribution in [0.2, 0.25) is 5.02 Å². The highest BCUT2D eigenvalue weighted by Gasteiger charge is 2.17. The fraction of sp³-hybridized carbons (Fsp3) is 0.200. The van der Waals surface area contributed by atoms with Crippen LogP contribution in [0.5, 0.6) is 17.2 Å². The van der Waals surface area contributed by atoms with E-state index in [1.165, 1.54) is 11.3 Å². The lowest BCUT2D eigenvalue weighted by Crippen LogP contribution is -2.30. The highest BCUT2D eigenvalue weighted by atomic mass is 35.5. The topological polar surface area (TPSA) is 69.7 Å². The Hall–Kier alpha value is -2.77. The molecule has 3 rings (SSSR count). The van der Waals surface area contributed by atoms with Crippen LogP contribution >= 0.6 is 22.9 Å². The molecule has 0 fully saturated rings. The zero-order chi connectivity index (χ0) is 20.1. The summed E-state index contributed by atoms with van der Waals surface area (Å²) >= 11 is 7.18. The van der Waals surface area contributed by atoms with Gasteiger partial charge in [0, 0.05) is 16.0 Å². The predicted octanol–water partition coefficient (Wildman–Crippen LogP) is 4.89. The minimum atomic E-state index is -0.686. The normalized spacial score (nSPS) is 11.6. The van der Waals surface area contributed by atoms with E-state index in [0.717, 1.165) is 11.3 Å². The first-order valence-electron chi connectivity index (χ1n) is 8.41. The van der Waals surface area contributed by atoms with Crippen molar-refractivity contribution in [3.05, 3.63) is 52.9 Å². The Bertz CT molecular complexity index is 959. The van der Waals surface area contributed by atoms with Gasteiger partial charge in [0.05, 0.1) is 19.9 Å². The third kappa shape index (κ3) is 4.74. The third-order valence-corrected chi connectivity index (χ3v) is 4.92. The number of rotatable bonds is 7. The highest BCUT2D eigenvalue weighted by Crippen LogP contribution is 2.33. The molecule has 0 spiro atoms. The fourth-order valence-corrected chi connectivity index (χ4v) is 3.29. The molecule has 0 bridgehead atoms. The van der Waals surface area contributed by atoms with E-state index in [2.05, 4.69) is 10.3 Å². The molecule has 0 aliphatic rings. The quantitative estimate of drug-likeness (QED) is 0.591. The van der Waals surface area contributed by atoms with E-state index in [4.69, 9.17) is 25.8 Å². The van der Waals surface area contributed by atoms with Gasteiger partial charge < -0.3 is 14.2 Å². The Labute approximate surface area is 172 Å². The number of thiazole rings is 1. The molecule has 1 N–H and O–H groups in total. The predicted molar refractivity (Wildman–Crippen MR) is 111 cm³/mol. The van der Waals surface area contributed by atoms with Gasteiger partial charge in [-0.1, -0.05) is 11.6 Å². The van der Waals surface area contributed by atoms with Gasteiger partial charge in [0.25, 0.3) is 5.91 Å². The lowest BCUT2D eigenvalue weighted by atomic mass is 10.1. The molecule has 0 aliphatic carbocycles. The van der Waals surface area contributed by atoms with Crippen molar-refractivity contribution in [3.8, 4) is 28.5 Å². The van der Waals surface area contributed by atoms with Gasteiger partial charge in [-0.05, 0) is 49.4 Å². The molecule has 1 aromatic heterocycles. The number of carbonyl (C=O) groups is 1. The van der Waals surface area contributed by atoms with Crippen LogP contribution in [0.3, 0.4) is 0 Å². The zero-order valence-corrected chi connectivity index (χ0v) is 17.1. The number of hydrogen-bond acceptors (Lipinski definition) is 6. The zero-order valence-electron chi connectivity index (χ0n) is 15.6. The van der Waals surface area contributed by atoms with Crippen LogP contribution in [0.25, 0.3) is 11.3 Å². The van der Waals surface area contributed by atoms with E-state index in [0.29, 0.717) is 27.4 Å². The third-order valence-electron chi connectivity index (χ3n) is 3.91. The van der Waals surface area contributed by atoms with Gasteiger partial charge in [-0.15, -0.1) is 11.3 Å². The van der Waals surface area contributed by atoms with Gasteiger partial charge in [-0.25, -0.2) is 4.98 Å². The summed E-state index contributed by atoms with van der Waals surface area (Å²) < 4.78 is 16.2. The Morgan fingerprint density at radius 1 is 1.11 bits per heavy atom. The van der Waals surface area contributed by atoms with Gasteiger partial charge in [0.1, 0.15) is 5.75 Å². The molecule has 1 atom stereocenters. The monoisotopic (exact) mass is 418 g/mol. The van der Waals surface area contributed by atoms with Crippen molar-refractivity contribution in [1.29, 1.82) is 0 Å². The molecule has 1 heterocycles. The average Bonchev–Trinajstić information content (AvgIpc) is 3.17. The second kappa shape index (κ2) is 8.95. The second-order valence-corrected chi connectivity index (χ2v) is 7.11.